The minimum Gasteiger partial charge on any atom is -0.481 e. The maximum absolute atomic E-state index is 12.0. The molecule has 0 aromatic heterocycles. The van der Waals surface area contributed by atoms with Crippen molar-refractivity contribution in [3.63, 3.8) is 0 Å². The van der Waals surface area contributed by atoms with E-state index in [1.54, 1.807) is 25.1 Å². The molecule has 0 aliphatic heterocycles. The SMILES string of the molecule is Cc1c(Cl)cccc1NC(=O)CCC(=O)NNC(=O)C(C)Oc1ccc([N+](=O)[O-])cc1. The number of hydrogen-bond donors (Lipinski definition) is 3. The van der Waals surface area contributed by atoms with Crippen LogP contribution in [0.3, 0.4) is 0 Å². The molecule has 1 unspecified atom stereocenters. The number of nitro benzene ring substituents is 1. The Hall–Kier alpha value is -3.66. The van der Waals surface area contributed by atoms with Gasteiger partial charge in [0, 0.05) is 35.7 Å². The number of halogens is 1. The predicted molar refractivity (Wildman–Crippen MR) is 114 cm³/mol. The monoisotopic (exact) mass is 448 g/mol. The standard InChI is InChI=1S/C20H21ClN4O6/c1-12-16(21)4-3-5-17(12)22-18(26)10-11-19(27)23-24-20(28)13(2)31-15-8-6-14(7-9-15)25(29)30/h3-9,13H,10-11H2,1-2H3,(H,22,26)(H,23,27)(H,24,28). The molecule has 3 N–H and O–H groups in total. The Morgan fingerprint density at radius 1 is 1.06 bits per heavy atom. The maximum Gasteiger partial charge on any atom is 0.279 e. The lowest BCUT2D eigenvalue weighted by atomic mass is 10.2. The van der Waals surface area contributed by atoms with Crippen LogP contribution in [0.1, 0.15) is 25.3 Å². The molecule has 0 bridgehead atoms. The van der Waals surface area contributed by atoms with Gasteiger partial charge in [-0.1, -0.05) is 17.7 Å². The zero-order valence-electron chi connectivity index (χ0n) is 16.8. The average Bonchev–Trinajstić information content (AvgIpc) is 2.74. The largest absolute Gasteiger partial charge is 0.481 e. The zero-order chi connectivity index (χ0) is 23.0. The first-order chi connectivity index (χ1) is 14.7. The van der Waals surface area contributed by atoms with E-state index in [0.717, 1.165) is 5.56 Å². The molecule has 0 aliphatic carbocycles. The van der Waals surface area contributed by atoms with Crippen LogP contribution >= 0.6 is 11.6 Å². The quantitative estimate of drug-likeness (QED) is 0.419. The molecule has 0 aliphatic rings. The molecule has 0 fully saturated rings. The Balaban J connectivity index is 1.73. The summed E-state index contributed by atoms with van der Waals surface area (Å²) in [7, 11) is 0. The van der Waals surface area contributed by atoms with Crippen LogP contribution in [0.4, 0.5) is 11.4 Å². The van der Waals surface area contributed by atoms with Gasteiger partial charge >= 0.3 is 0 Å². The molecule has 0 spiro atoms. The molecular weight excluding hydrogens is 428 g/mol. The van der Waals surface area contributed by atoms with Crippen molar-refractivity contribution < 1.29 is 24.0 Å². The third-order valence-electron chi connectivity index (χ3n) is 4.18. The number of hydrazine groups is 1. The minimum absolute atomic E-state index is 0.0947. The number of non-ortho nitro benzene ring substituents is 1. The van der Waals surface area contributed by atoms with Crippen molar-refractivity contribution in [2.45, 2.75) is 32.8 Å². The van der Waals surface area contributed by atoms with Gasteiger partial charge in [-0.2, -0.15) is 0 Å². The summed E-state index contributed by atoms with van der Waals surface area (Å²) in [6.45, 7) is 3.21. The number of amides is 3. The summed E-state index contributed by atoms with van der Waals surface area (Å²) in [6, 6.07) is 10.3. The normalized spacial score (nSPS) is 11.2. The molecular formula is C20H21ClN4O6. The van der Waals surface area contributed by atoms with Gasteiger partial charge < -0.3 is 10.1 Å². The predicted octanol–water partition coefficient (Wildman–Crippen LogP) is 2.89. The van der Waals surface area contributed by atoms with E-state index in [1.807, 2.05) is 0 Å². The van der Waals surface area contributed by atoms with Crippen LogP contribution in [0, 0.1) is 17.0 Å². The fraction of sp³-hybridized carbons (Fsp3) is 0.250. The zero-order valence-corrected chi connectivity index (χ0v) is 17.6. The number of carbonyl (C=O) groups is 3. The van der Waals surface area contributed by atoms with Crippen molar-refractivity contribution in [2.75, 3.05) is 5.32 Å². The summed E-state index contributed by atoms with van der Waals surface area (Å²) >= 11 is 6.00. The van der Waals surface area contributed by atoms with Crippen molar-refractivity contribution in [1.82, 2.24) is 10.9 Å². The van der Waals surface area contributed by atoms with Crippen molar-refractivity contribution in [3.05, 3.63) is 63.2 Å². The van der Waals surface area contributed by atoms with Gasteiger partial charge in [0.1, 0.15) is 5.75 Å². The molecule has 3 amide bonds. The summed E-state index contributed by atoms with van der Waals surface area (Å²) in [5.74, 6) is -1.31. The van der Waals surface area contributed by atoms with Gasteiger partial charge in [-0.15, -0.1) is 0 Å². The van der Waals surface area contributed by atoms with Crippen LogP contribution in [-0.4, -0.2) is 28.7 Å². The Morgan fingerprint density at radius 3 is 2.35 bits per heavy atom. The number of nitrogens with zero attached hydrogens (tertiary/aromatic N) is 1. The number of carbonyl (C=O) groups excluding carboxylic acids is 3. The lowest BCUT2D eigenvalue weighted by Gasteiger charge is -2.15. The van der Waals surface area contributed by atoms with Gasteiger partial charge in [0.25, 0.3) is 11.6 Å². The van der Waals surface area contributed by atoms with Gasteiger partial charge in [-0.3, -0.25) is 35.3 Å². The third kappa shape index (κ3) is 7.27. The molecule has 2 aromatic carbocycles. The molecule has 0 heterocycles. The molecule has 10 nitrogen and oxygen atoms in total. The van der Waals surface area contributed by atoms with E-state index < -0.39 is 22.8 Å². The first-order valence-corrected chi connectivity index (χ1v) is 9.60. The Labute approximate surface area is 183 Å². The Kier molecular flexibility index (Phi) is 8.33. The Bertz CT molecular complexity index is 980. The summed E-state index contributed by atoms with van der Waals surface area (Å²) in [4.78, 5) is 46.0. The number of anilines is 1. The highest BCUT2D eigenvalue weighted by Crippen LogP contribution is 2.23. The second-order valence-electron chi connectivity index (χ2n) is 6.51. The van der Waals surface area contributed by atoms with Crippen LogP contribution in [-0.2, 0) is 14.4 Å². The van der Waals surface area contributed by atoms with Crippen molar-refractivity contribution in [2.24, 2.45) is 0 Å². The molecule has 2 aromatic rings. The second kappa shape index (κ2) is 10.9. The summed E-state index contributed by atoms with van der Waals surface area (Å²) in [5.41, 5.74) is 5.58. The van der Waals surface area contributed by atoms with Gasteiger partial charge in [-0.05, 0) is 43.7 Å². The van der Waals surface area contributed by atoms with E-state index in [2.05, 4.69) is 16.2 Å². The first-order valence-electron chi connectivity index (χ1n) is 9.22. The lowest BCUT2D eigenvalue weighted by Crippen LogP contribution is -2.47. The molecule has 0 saturated carbocycles. The van der Waals surface area contributed by atoms with E-state index in [1.165, 1.54) is 31.2 Å². The Morgan fingerprint density at radius 2 is 1.71 bits per heavy atom. The molecule has 31 heavy (non-hydrogen) atoms. The number of nitrogens with one attached hydrogen (secondary N) is 3. The van der Waals surface area contributed by atoms with E-state index in [0.29, 0.717) is 10.7 Å². The maximum atomic E-state index is 12.0. The molecule has 2 rings (SSSR count). The summed E-state index contributed by atoms with van der Waals surface area (Å²) in [5, 5.41) is 13.8. The van der Waals surface area contributed by atoms with E-state index in [9.17, 15) is 24.5 Å². The summed E-state index contributed by atoms with van der Waals surface area (Å²) < 4.78 is 5.37. The fourth-order valence-electron chi connectivity index (χ4n) is 2.38. The third-order valence-corrected chi connectivity index (χ3v) is 4.59. The highest BCUT2D eigenvalue weighted by Gasteiger charge is 2.17. The molecule has 11 heteroatoms. The highest BCUT2D eigenvalue weighted by atomic mass is 35.5. The number of ether oxygens (including phenoxy) is 1. The van der Waals surface area contributed by atoms with Gasteiger partial charge in [-0.25, -0.2) is 0 Å². The molecule has 164 valence electrons. The number of rotatable bonds is 8. The van der Waals surface area contributed by atoms with Gasteiger partial charge in [0.15, 0.2) is 6.10 Å². The van der Waals surface area contributed by atoms with Crippen LogP contribution in [0.5, 0.6) is 5.75 Å². The van der Waals surface area contributed by atoms with Crippen molar-refractivity contribution in [1.29, 1.82) is 0 Å². The number of nitro groups is 1. The minimum atomic E-state index is -0.976. The number of benzene rings is 2. The van der Waals surface area contributed by atoms with Crippen LogP contribution < -0.4 is 20.9 Å². The van der Waals surface area contributed by atoms with Gasteiger partial charge in [0.2, 0.25) is 11.8 Å². The van der Waals surface area contributed by atoms with Gasteiger partial charge in [0.05, 0.1) is 4.92 Å². The smallest absolute Gasteiger partial charge is 0.279 e. The fourth-order valence-corrected chi connectivity index (χ4v) is 2.56. The summed E-state index contributed by atoms with van der Waals surface area (Å²) in [6.07, 6.45) is -1.22. The lowest BCUT2D eigenvalue weighted by molar-refractivity contribution is -0.384. The van der Waals surface area contributed by atoms with Crippen molar-refractivity contribution >= 4 is 40.7 Å². The topological polar surface area (TPSA) is 140 Å². The van der Waals surface area contributed by atoms with Crippen LogP contribution in [0.25, 0.3) is 0 Å². The molecule has 1 atom stereocenters. The van der Waals surface area contributed by atoms with Crippen LogP contribution in [0.2, 0.25) is 5.02 Å². The molecule has 0 radical (unpaired) electrons. The number of hydrogen-bond acceptors (Lipinski definition) is 6. The van der Waals surface area contributed by atoms with E-state index in [4.69, 9.17) is 16.3 Å². The molecule has 0 saturated heterocycles. The highest BCUT2D eigenvalue weighted by molar-refractivity contribution is 6.31. The van der Waals surface area contributed by atoms with E-state index in [-0.39, 0.29) is 30.2 Å². The first kappa shape index (κ1) is 23.6. The van der Waals surface area contributed by atoms with E-state index >= 15 is 0 Å². The second-order valence-corrected chi connectivity index (χ2v) is 6.92. The van der Waals surface area contributed by atoms with Crippen molar-refractivity contribution in [3.8, 4) is 5.75 Å². The average molecular weight is 449 g/mol. The van der Waals surface area contributed by atoms with Crippen LogP contribution in [0.15, 0.2) is 42.5 Å².